The highest BCUT2D eigenvalue weighted by Crippen LogP contribution is 2.29. The van der Waals surface area contributed by atoms with Crippen LogP contribution in [-0.2, 0) is 14.8 Å². The fourth-order valence-electron chi connectivity index (χ4n) is 3.56. The van der Waals surface area contributed by atoms with Crippen molar-refractivity contribution in [2.75, 3.05) is 26.2 Å². The van der Waals surface area contributed by atoms with E-state index in [1.54, 1.807) is 29.4 Å². The number of halogens is 2. The summed E-state index contributed by atoms with van der Waals surface area (Å²) in [4.78, 5) is 18.0. The summed E-state index contributed by atoms with van der Waals surface area (Å²) in [5.41, 5.74) is 6.28. The van der Waals surface area contributed by atoms with Crippen molar-refractivity contribution in [2.45, 2.75) is 31.2 Å². The minimum Gasteiger partial charge on any atom is -0.340 e. The summed E-state index contributed by atoms with van der Waals surface area (Å²) in [6.07, 6.45) is 3.93. The maximum Gasteiger partial charge on any atom is 0.244 e. The number of rotatable bonds is 3. The Kier molecular flexibility index (Phi) is 8.64. The number of carbonyl (C=O) groups excluding carboxylic acids is 1. The Bertz CT molecular complexity index is 934. The molecular formula is C18H26Cl2N4O3S. The second-order valence-electron chi connectivity index (χ2n) is 6.67. The van der Waals surface area contributed by atoms with Gasteiger partial charge in [0.2, 0.25) is 15.9 Å². The van der Waals surface area contributed by atoms with Crippen LogP contribution >= 0.6 is 24.8 Å². The molecule has 0 aliphatic carbocycles. The van der Waals surface area contributed by atoms with Gasteiger partial charge in [-0.15, -0.1) is 24.8 Å². The van der Waals surface area contributed by atoms with Gasteiger partial charge < -0.3 is 10.6 Å². The molecule has 0 saturated carbocycles. The van der Waals surface area contributed by atoms with Gasteiger partial charge in [-0.2, -0.15) is 4.31 Å². The molecule has 3 rings (SSSR count). The second-order valence-corrected chi connectivity index (χ2v) is 8.53. The molecule has 1 unspecified atom stereocenters. The van der Waals surface area contributed by atoms with Crippen molar-refractivity contribution >= 4 is 51.5 Å². The van der Waals surface area contributed by atoms with Crippen LogP contribution in [0.25, 0.3) is 10.8 Å². The van der Waals surface area contributed by atoms with Crippen LogP contribution in [0.3, 0.4) is 0 Å². The highest BCUT2D eigenvalue weighted by atomic mass is 35.5. The summed E-state index contributed by atoms with van der Waals surface area (Å²) in [6.45, 7) is 4.87. The van der Waals surface area contributed by atoms with E-state index in [-0.39, 0.29) is 43.3 Å². The number of hydrogen-bond acceptors (Lipinski definition) is 5. The Morgan fingerprint density at radius 3 is 2.64 bits per heavy atom. The third kappa shape index (κ3) is 4.58. The van der Waals surface area contributed by atoms with Crippen LogP contribution in [0.2, 0.25) is 0 Å². The molecule has 0 spiro atoms. The summed E-state index contributed by atoms with van der Waals surface area (Å²) in [5, 5.41) is 1.50. The molecule has 7 nitrogen and oxygen atoms in total. The molecule has 2 heterocycles. The number of aromatic nitrogens is 1. The summed E-state index contributed by atoms with van der Waals surface area (Å²) in [5.74, 6) is -0.150. The molecule has 1 aliphatic heterocycles. The number of benzene rings is 1. The highest BCUT2D eigenvalue weighted by Gasteiger charge is 2.34. The maximum atomic E-state index is 13.4. The van der Waals surface area contributed by atoms with Crippen molar-refractivity contribution in [2.24, 2.45) is 5.73 Å². The molecule has 2 N–H and O–H groups in total. The van der Waals surface area contributed by atoms with E-state index in [2.05, 4.69) is 4.98 Å². The van der Waals surface area contributed by atoms with Crippen molar-refractivity contribution in [1.29, 1.82) is 0 Å². The highest BCUT2D eigenvalue weighted by molar-refractivity contribution is 7.89. The molecule has 2 aromatic rings. The van der Waals surface area contributed by atoms with Crippen molar-refractivity contribution < 1.29 is 13.2 Å². The van der Waals surface area contributed by atoms with Crippen molar-refractivity contribution in [3.63, 3.8) is 0 Å². The first-order chi connectivity index (χ1) is 12.4. The van der Waals surface area contributed by atoms with E-state index in [1.165, 1.54) is 4.31 Å². The van der Waals surface area contributed by atoms with Gasteiger partial charge in [-0.25, -0.2) is 8.42 Å². The fraction of sp³-hybridized carbons (Fsp3) is 0.444. The summed E-state index contributed by atoms with van der Waals surface area (Å²) < 4.78 is 28.4. The first-order valence-corrected chi connectivity index (χ1v) is 10.1. The molecule has 10 heteroatoms. The third-order valence-corrected chi connectivity index (χ3v) is 6.89. The lowest BCUT2D eigenvalue weighted by molar-refractivity contribution is -0.129. The van der Waals surface area contributed by atoms with Crippen LogP contribution in [-0.4, -0.2) is 60.7 Å². The molecule has 1 fully saturated rings. The lowest BCUT2D eigenvalue weighted by Gasteiger charge is -2.28. The number of nitrogens with two attached hydrogens (primary N) is 1. The van der Waals surface area contributed by atoms with Gasteiger partial charge in [0.15, 0.2) is 0 Å². The quantitative estimate of drug-likeness (QED) is 0.773. The average Bonchev–Trinajstić information content (AvgIpc) is 2.83. The number of carbonyl (C=O) groups is 1. The molecule has 0 bridgehead atoms. The van der Waals surface area contributed by atoms with E-state index in [0.29, 0.717) is 36.3 Å². The van der Waals surface area contributed by atoms with Crippen LogP contribution in [0, 0.1) is 6.92 Å². The van der Waals surface area contributed by atoms with Crippen molar-refractivity contribution in [3.8, 4) is 0 Å². The lowest BCUT2D eigenvalue weighted by Crippen LogP contribution is -2.45. The minimum absolute atomic E-state index is 0. The van der Waals surface area contributed by atoms with Gasteiger partial charge in [0.05, 0.1) is 11.4 Å². The van der Waals surface area contributed by atoms with E-state index in [0.717, 1.165) is 10.9 Å². The van der Waals surface area contributed by atoms with Crippen molar-refractivity contribution in [1.82, 2.24) is 14.2 Å². The maximum absolute atomic E-state index is 13.4. The standard InChI is InChI=1S/C18H24N4O3S.2ClH/c1-13-10-20-11-15-5-3-6-16(18(13)15)26(24,25)22-8-4-7-21(12-14(22)2)17(23)9-19;;/h3,5-6,10-11,14H,4,7-9,12,19H2,1-2H3;2*1H. The van der Waals surface area contributed by atoms with Crippen LogP contribution in [0.15, 0.2) is 35.5 Å². The lowest BCUT2D eigenvalue weighted by atomic mass is 10.1. The fourth-order valence-corrected chi connectivity index (χ4v) is 5.51. The summed E-state index contributed by atoms with van der Waals surface area (Å²) in [7, 11) is -3.70. The Balaban J connectivity index is 0.00000196. The molecular weight excluding hydrogens is 423 g/mol. The predicted octanol–water partition coefficient (Wildman–Crippen LogP) is 1.96. The van der Waals surface area contributed by atoms with Crippen molar-refractivity contribution in [3.05, 3.63) is 36.2 Å². The molecule has 28 heavy (non-hydrogen) atoms. The zero-order valence-electron chi connectivity index (χ0n) is 15.9. The summed E-state index contributed by atoms with van der Waals surface area (Å²) >= 11 is 0. The Hall–Kier alpha value is -1.45. The van der Waals surface area contributed by atoms with Gasteiger partial charge >= 0.3 is 0 Å². The second kappa shape index (κ2) is 9.84. The smallest absolute Gasteiger partial charge is 0.244 e. The molecule has 1 saturated heterocycles. The number of pyridine rings is 1. The molecule has 1 aliphatic rings. The normalized spacial score (nSPS) is 18.1. The number of aryl methyl sites for hydroxylation is 1. The summed E-state index contributed by atoms with van der Waals surface area (Å²) in [6, 6.07) is 4.92. The zero-order chi connectivity index (χ0) is 18.9. The monoisotopic (exact) mass is 448 g/mol. The Labute approximate surface area is 178 Å². The topological polar surface area (TPSA) is 96.6 Å². The van der Waals surface area contributed by atoms with Crippen LogP contribution < -0.4 is 5.73 Å². The number of sulfonamides is 1. The first kappa shape index (κ1) is 24.6. The van der Waals surface area contributed by atoms with E-state index in [9.17, 15) is 13.2 Å². The molecule has 1 atom stereocenters. The van der Waals surface area contributed by atoms with Gasteiger partial charge in [-0.3, -0.25) is 9.78 Å². The number of amides is 1. The first-order valence-electron chi connectivity index (χ1n) is 8.69. The molecule has 0 radical (unpaired) electrons. The third-order valence-electron chi connectivity index (χ3n) is 4.83. The van der Waals surface area contributed by atoms with Gasteiger partial charge in [-0.05, 0) is 31.9 Å². The number of hydrogen-bond donors (Lipinski definition) is 1. The molecule has 1 amide bonds. The molecule has 1 aromatic carbocycles. The van der Waals surface area contributed by atoms with E-state index in [4.69, 9.17) is 5.73 Å². The van der Waals surface area contributed by atoms with Crippen LogP contribution in [0.5, 0.6) is 0 Å². The molecule has 156 valence electrons. The minimum atomic E-state index is -3.70. The van der Waals surface area contributed by atoms with Gasteiger partial charge in [0.25, 0.3) is 0 Å². The van der Waals surface area contributed by atoms with E-state index >= 15 is 0 Å². The van der Waals surface area contributed by atoms with Crippen LogP contribution in [0.1, 0.15) is 18.9 Å². The van der Waals surface area contributed by atoms with Gasteiger partial charge in [0, 0.05) is 48.8 Å². The largest absolute Gasteiger partial charge is 0.340 e. The number of fused-ring (bicyclic) bond motifs is 1. The Morgan fingerprint density at radius 1 is 1.25 bits per heavy atom. The van der Waals surface area contributed by atoms with Crippen LogP contribution in [0.4, 0.5) is 0 Å². The Morgan fingerprint density at radius 2 is 1.96 bits per heavy atom. The predicted molar refractivity (Wildman–Crippen MR) is 115 cm³/mol. The number of nitrogens with zero attached hydrogens (tertiary/aromatic N) is 3. The van der Waals surface area contributed by atoms with Gasteiger partial charge in [0.1, 0.15) is 0 Å². The zero-order valence-corrected chi connectivity index (χ0v) is 18.3. The van der Waals surface area contributed by atoms with Gasteiger partial charge in [-0.1, -0.05) is 12.1 Å². The molecule has 1 aromatic heterocycles. The SMILES string of the molecule is Cc1cncc2cccc(S(=O)(=O)N3CCCN(C(=O)CN)CC3C)c12.Cl.Cl. The van der Waals surface area contributed by atoms with E-state index < -0.39 is 10.0 Å². The van der Waals surface area contributed by atoms with E-state index in [1.807, 2.05) is 19.9 Å². The average molecular weight is 449 g/mol.